The van der Waals surface area contributed by atoms with Gasteiger partial charge in [0.05, 0.1) is 6.04 Å². The van der Waals surface area contributed by atoms with Crippen LogP contribution in [0.15, 0.2) is 30.5 Å². The highest BCUT2D eigenvalue weighted by Gasteiger charge is 2.34. The molecule has 0 spiro atoms. The van der Waals surface area contributed by atoms with Crippen molar-refractivity contribution in [2.45, 2.75) is 19.5 Å². The molecule has 10 nitrogen and oxygen atoms in total. The zero-order valence-electron chi connectivity index (χ0n) is 17.7. The van der Waals surface area contributed by atoms with Gasteiger partial charge in [-0.25, -0.2) is 14.8 Å². The van der Waals surface area contributed by atoms with Gasteiger partial charge in [-0.05, 0) is 36.8 Å². The van der Waals surface area contributed by atoms with E-state index < -0.39 is 0 Å². The van der Waals surface area contributed by atoms with Crippen LogP contribution in [-0.2, 0) is 6.54 Å². The third-order valence-electron chi connectivity index (χ3n) is 5.40. The van der Waals surface area contributed by atoms with Crippen LogP contribution in [0, 0.1) is 0 Å². The van der Waals surface area contributed by atoms with Crippen LogP contribution in [0.4, 0.5) is 16.3 Å². The zero-order valence-corrected chi connectivity index (χ0v) is 17.7. The van der Waals surface area contributed by atoms with E-state index in [0.717, 1.165) is 37.4 Å². The van der Waals surface area contributed by atoms with Crippen molar-refractivity contribution in [2.75, 3.05) is 50.1 Å². The van der Waals surface area contributed by atoms with Gasteiger partial charge in [-0.2, -0.15) is 0 Å². The average molecular weight is 425 g/mol. The summed E-state index contributed by atoms with van der Waals surface area (Å²) in [6.45, 7) is 6.29. The Morgan fingerprint density at radius 2 is 2.13 bits per heavy atom. The quantitative estimate of drug-likeness (QED) is 0.657. The van der Waals surface area contributed by atoms with E-state index in [1.807, 2.05) is 25.1 Å². The van der Waals surface area contributed by atoms with E-state index in [9.17, 15) is 9.59 Å². The predicted molar refractivity (Wildman–Crippen MR) is 116 cm³/mol. The molecular weight excluding hydrogens is 398 g/mol. The molecule has 4 heterocycles. The predicted octanol–water partition coefficient (Wildman–Crippen LogP) is 1.06. The normalized spacial score (nSPS) is 17.7. The third-order valence-corrected chi connectivity index (χ3v) is 5.40. The molecule has 1 fully saturated rings. The fourth-order valence-corrected chi connectivity index (χ4v) is 3.93. The highest BCUT2D eigenvalue weighted by molar-refractivity contribution is 5.92. The number of anilines is 2. The Labute approximate surface area is 181 Å². The van der Waals surface area contributed by atoms with Crippen molar-refractivity contribution in [1.82, 2.24) is 25.5 Å². The first-order valence-corrected chi connectivity index (χ1v) is 10.4. The second kappa shape index (κ2) is 9.17. The van der Waals surface area contributed by atoms with Crippen molar-refractivity contribution >= 4 is 23.4 Å². The number of nitrogens with zero attached hydrogens (tertiary/aromatic N) is 4. The van der Waals surface area contributed by atoms with Crippen LogP contribution >= 0.6 is 0 Å². The number of nitrogens with one attached hydrogen (secondary N) is 3. The number of hydrogen-bond donors (Lipinski definition) is 3. The smallest absolute Gasteiger partial charge is 0.320 e. The maximum Gasteiger partial charge on any atom is 0.320 e. The summed E-state index contributed by atoms with van der Waals surface area (Å²) in [6.07, 6.45) is 1.71. The molecular formula is C21H27N7O3. The van der Waals surface area contributed by atoms with Crippen molar-refractivity contribution in [3.63, 3.8) is 0 Å². The first kappa shape index (κ1) is 20.9. The summed E-state index contributed by atoms with van der Waals surface area (Å²) in [6, 6.07) is 7.47. The van der Waals surface area contributed by atoms with E-state index in [0.29, 0.717) is 30.5 Å². The number of ether oxygens (including phenoxy) is 1. The molecule has 31 heavy (non-hydrogen) atoms. The minimum atomic E-state index is -0.257. The number of urea groups is 1. The second-order valence-electron chi connectivity index (χ2n) is 7.53. The molecule has 3 amide bonds. The van der Waals surface area contributed by atoms with E-state index in [-0.39, 0.29) is 18.0 Å². The van der Waals surface area contributed by atoms with E-state index in [1.54, 1.807) is 19.3 Å². The maximum atomic E-state index is 11.8. The molecule has 10 heteroatoms. The van der Waals surface area contributed by atoms with E-state index in [2.05, 4.69) is 35.7 Å². The van der Waals surface area contributed by atoms with Crippen LogP contribution in [0.2, 0.25) is 0 Å². The molecule has 1 saturated heterocycles. The molecule has 0 unspecified atom stereocenters. The summed E-state index contributed by atoms with van der Waals surface area (Å²) in [5.41, 5.74) is 2.37. The van der Waals surface area contributed by atoms with Crippen LogP contribution < -0.4 is 25.6 Å². The lowest BCUT2D eigenvalue weighted by atomic mass is 10.1. The number of pyridine rings is 2. The van der Waals surface area contributed by atoms with Gasteiger partial charge >= 0.3 is 6.03 Å². The van der Waals surface area contributed by atoms with Gasteiger partial charge in [0.25, 0.3) is 5.91 Å². The lowest BCUT2D eigenvalue weighted by molar-refractivity contribution is 0.0956. The molecule has 2 aromatic rings. The van der Waals surface area contributed by atoms with Gasteiger partial charge in [0.2, 0.25) is 5.88 Å². The first-order chi connectivity index (χ1) is 15.1. The van der Waals surface area contributed by atoms with Crippen molar-refractivity contribution in [2.24, 2.45) is 0 Å². The Hall–Kier alpha value is -3.40. The molecule has 164 valence electrons. The minimum Gasteiger partial charge on any atom is -0.474 e. The van der Waals surface area contributed by atoms with Gasteiger partial charge in [-0.15, -0.1) is 0 Å². The van der Waals surface area contributed by atoms with Crippen LogP contribution in [0.5, 0.6) is 5.88 Å². The van der Waals surface area contributed by atoms with Gasteiger partial charge in [0.15, 0.2) is 0 Å². The van der Waals surface area contributed by atoms with Crippen LogP contribution in [0.3, 0.4) is 0 Å². The molecule has 4 rings (SSSR count). The molecule has 0 aromatic carbocycles. The van der Waals surface area contributed by atoms with Crippen molar-refractivity contribution in [3.05, 3.63) is 41.7 Å². The first-order valence-electron chi connectivity index (χ1n) is 10.4. The minimum absolute atomic E-state index is 0.212. The summed E-state index contributed by atoms with van der Waals surface area (Å²) in [5.74, 6) is 0.827. The number of rotatable bonds is 5. The Morgan fingerprint density at radius 3 is 2.94 bits per heavy atom. The highest BCUT2D eigenvalue weighted by Crippen LogP contribution is 2.34. The van der Waals surface area contributed by atoms with E-state index >= 15 is 0 Å². The van der Waals surface area contributed by atoms with Gasteiger partial charge in [0, 0.05) is 46.0 Å². The molecule has 0 saturated carbocycles. The summed E-state index contributed by atoms with van der Waals surface area (Å²) < 4.78 is 5.89. The molecule has 2 aliphatic heterocycles. The third kappa shape index (κ3) is 4.69. The lowest BCUT2D eigenvalue weighted by Crippen LogP contribution is -2.57. The zero-order chi connectivity index (χ0) is 21.8. The van der Waals surface area contributed by atoms with Crippen LogP contribution in [0.1, 0.15) is 23.0 Å². The highest BCUT2D eigenvalue weighted by atomic mass is 16.5. The van der Waals surface area contributed by atoms with Gasteiger partial charge in [0.1, 0.15) is 23.8 Å². The standard InChI is InChI=1S/C21H27N7O3/c1-3-23-21(30)26-18-10-14(6-7-24-18)11-27-8-9-28-15(12-27)13-31-20-17(28)5-4-16(25-20)19(29)22-2/h4-7,10,15H,3,8-9,11-13H2,1-2H3,(H,22,29)(H2,23,24,26,30)/t15-/m1/s1. The molecule has 3 N–H and O–H groups in total. The number of aromatic nitrogens is 2. The fourth-order valence-electron chi connectivity index (χ4n) is 3.93. The SMILES string of the molecule is CCNC(=O)Nc1cc(CN2CCN3c4ccc(C(=O)NC)nc4OC[C@H]3C2)ccn1. The number of hydrogen-bond acceptors (Lipinski definition) is 7. The monoisotopic (exact) mass is 425 g/mol. The van der Waals surface area contributed by atoms with Crippen molar-refractivity contribution < 1.29 is 14.3 Å². The van der Waals surface area contributed by atoms with Crippen molar-refractivity contribution in [3.8, 4) is 5.88 Å². The topological polar surface area (TPSA) is 112 Å². The van der Waals surface area contributed by atoms with E-state index in [4.69, 9.17) is 4.74 Å². The Kier molecular flexibility index (Phi) is 6.17. The summed E-state index contributed by atoms with van der Waals surface area (Å²) >= 11 is 0. The molecule has 2 aliphatic rings. The lowest BCUT2D eigenvalue weighted by Gasteiger charge is -2.45. The summed E-state index contributed by atoms with van der Waals surface area (Å²) in [4.78, 5) is 36.8. The summed E-state index contributed by atoms with van der Waals surface area (Å²) in [5, 5.41) is 8.04. The molecule has 0 radical (unpaired) electrons. The second-order valence-corrected chi connectivity index (χ2v) is 7.53. The Balaban J connectivity index is 1.39. The largest absolute Gasteiger partial charge is 0.474 e. The summed E-state index contributed by atoms with van der Waals surface area (Å²) in [7, 11) is 1.58. The average Bonchev–Trinajstić information content (AvgIpc) is 2.78. The molecule has 0 aliphatic carbocycles. The van der Waals surface area contributed by atoms with Gasteiger partial charge in [-0.1, -0.05) is 0 Å². The van der Waals surface area contributed by atoms with Gasteiger partial charge < -0.3 is 20.3 Å². The number of piperazine rings is 1. The maximum absolute atomic E-state index is 11.8. The van der Waals surface area contributed by atoms with Crippen molar-refractivity contribution in [1.29, 1.82) is 0 Å². The number of carbonyl (C=O) groups excluding carboxylic acids is 2. The van der Waals surface area contributed by atoms with Crippen LogP contribution in [0.25, 0.3) is 0 Å². The van der Waals surface area contributed by atoms with Gasteiger partial charge in [-0.3, -0.25) is 15.0 Å². The number of fused-ring (bicyclic) bond motifs is 3. The molecule has 2 aromatic heterocycles. The number of carbonyl (C=O) groups is 2. The Morgan fingerprint density at radius 1 is 1.26 bits per heavy atom. The van der Waals surface area contributed by atoms with E-state index in [1.165, 1.54) is 0 Å². The Bertz CT molecular complexity index is 968. The van der Waals surface area contributed by atoms with Crippen LogP contribution in [-0.4, -0.2) is 72.7 Å². The molecule has 0 bridgehead atoms. The fraction of sp³-hybridized carbons (Fsp3) is 0.429. The molecule has 1 atom stereocenters. The number of amides is 3.